The number of hydrogen-bond acceptors (Lipinski definition) is 3. The summed E-state index contributed by atoms with van der Waals surface area (Å²) in [5.74, 6) is 0.718. The second kappa shape index (κ2) is 5.81. The van der Waals surface area contributed by atoms with E-state index in [1.54, 1.807) is 13.2 Å². The lowest BCUT2D eigenvalue weighted by Crippen LogP contribution is -2.35. The van der Waals surface area contributed by atoms with Crippen molar-refractivity contribution in [2.45, 2.75) is 13.3 Å². The fourth-order valence-electron chi connectivity index (χ4n) is 2.07. The molecule has 1 aromatic carbocycles. The predicted molar refractivity (Wildman–Crippen MR) is 82.6 cm³/mol. The first-order valence-corrected chi connectivity index (χ1v) is 7.60. The van der Waals surface area contributed by atoms with Crippen LogP contribution in [0.25, 0.3) is 0 Å². The van der Waals surface area contributed by atoms with Gasteiger partial charge >= 0.3 is 0 Å². The van der Waals surface area contributed by atoms with E-state index in [9.17, 15) is 4.79 Å². The molecule has 2 rings (SSSR count). The van der Waals surface area contributed by atoms with Crippen LogP contribution in [-0.2, 0) is 4.79 Å². The molecular formula is C13H16Br2N2O2. The van der Waals surface area contributed by atoms with Crippen molar-refractivity contribution in [2.75, 3.05) is 25.5 Å². The number of amides is 1. The monoisotopic (exact) mass is 390 g/mol. The first kappa shape index (κ1) is 14.8. The highest BCUT2D eigenvalue weighted by Gasteiger charge is 2.36. The molecule has 0 spiro atoms. The van der Waals surface area contributed by atoms with Crippen LogP contribution in [0.1, 0.15) is 13.3 Å². The highest BCUT2D eigenvalue weighted by molar-refractivity contribution is 9.11. The molecule has 6 heteroatoms. The van der Waals surface area contributed by atoms with Crippen molar-refractivity contribution in [3.63, 3.8) is 0 Å². The van der Waals surface area contributed by atoms with Gasteiger partial charge in [-0.15, -0.1) is 0 Å². The lowest BCUT2D eigenvalue weighted by molar-refractivity contribution is -0.123. The summed E-state index contributed by atoms with van der Waals surface area (Å²) in [5, 5.41) is 6.19. The minimum absolute atomic E-state index is 0.0302. The summed E-state index contributed by atoms with van der Waals surface area (Å²) in [5.41, 5.74) is 0.373. The summed E-state index contributed by atoms with van der Waals surface area (Å²) in [6, 6.07) is 3.67. The first-order chi connectivity index (χ1) is 8.96. The molecule has 1 aliphatic heterocycles. The number of carbonyl (C=O) groups excluding carboxylic acids is 1. The van der Waals surface area contributed by atoms with E-state index in [4.69, 9.17) is 4.74 Å². The molecule has 0 saturated carbocycles. The van der Waals surface area contributed by atoms with E-state index < -0.39 is 0 Å². The van der Waals surface area contributed by atoms with Crippen molar-refractivity contribution in [3.05, 3.63) is 21.1 Å². The Bertz CT molecular complexity index is 500. The molecule has 104 valence electrons. The fraction of sp³-hybridized carbons (Fsp3) is 0.462. The maximum Gasteiger partial charge on any atom is 0.231 e. The molecule has 2 N–H and O–H groups in total. The molecule has 1 unspecified atom stereocenters. The normalized spacial score (nSPS) is 22.3. The van der Waals surface area contributed by atoms with Crippen molar-refractivity contribution in [3.8, 4) is 5.75 Å². The largest absolute Gasteiger partial charge is 0.495 e. The number of ether oxygens (including phenoxy) is 1. The molecule has 1 aliphatic rings. The molecule has 1 fully saturated rings. The maximum absolute atomic E-state index is 12.3. The number of methoxy groups -OCH3 is 1. The summed E-state index contributed by atoms with van der Waals surface area (Å²) in [6.45, 7) is 3.57. The zero-order chi connectivity index (χ0) is 14.0. The van der Waals surface area contributed by atoms with E-state index in [1.165, 1.54) is 0 Å². The Morgan fingerprint density at radius 2 is 2.16 bits per heavy atom. The topological polar surface area (TPSA) is 50.4 Å². The van der Waals surface area contributed by atoms with Crippen LogP contribution in [0.2, 0.25) is 0 Å². The number of hydrogen-bond donors (Lipinski definition) is 2. The minimum atomic E-state index is -0.347. The summed E-state index contributed by atoms with van der Waals surface area (Å²) < 4.78 is 6.91. The number of rotatable bonds is 3. The van der Waals surface area contributed by atoms with E-state index in [-0.39, 0.29) is 11.3 Å². The van der Waals surface area contributed by atoms with Gasteiger partial charge in [0, 0.05) is 17.1 Å². The SMILES string of the molecule is COc1cc(NC(=O)C2(C)CCNC2)c(Br)cc1Br. The molecule has 19 heavy (non-hydrogen) atoms. The Labute approximate surface area is 129 Å². The Morgan fingerprint density at radius 1 is 1.42 bits per heavy atom. The van der Waals surface area contributed by atoms with Gasteiger partial charge in [0.2, 0.25) is 5.91 Å². The Hall–Kier alpha value is -0.590. The van der Waals surface area contributed by atoms with Gasteiger partial charge in [-0.1, -0.05) is 0 Å². The van der Waals surface area contributed by atoms with Crippen LogP contribution < -0.4 is 15.4 Å². The van der Waals surface area contributed by atoms with Gasteiger partial charge in [-0.05, 0) is 57.8 Å². The number of benzene rings is 1. The molecule has 4 nitrogen and oxygen atoms in total. The lowest BCUT2D eigenvalue weighted by atomic mass is 9.89. The molecule has 1 heterocycles. The molecule has 1 aromatic rings. The fourth-order valence-corrected chi connectivity index (χ4v) is 3.32. The van der Waals surface area contributed by atoms with Crippen molar-refractivity contribution in [1.82, 2.24) is 5.32 Å². The molecule has 1 atom stereocenters. The van der Waals surface area contributed by atoms with Gasteiger partial charge in [0.15, 0.2) is 0 Å². The summed E-state index contributed by atoms with van der Waals surface area (Å²) >= 11 is 6.86. The average molecular weight is 392 g/mol. The highest BCUT2D eigenvalue weighted by Crippen LogP contribution is 2.36. The van der Waals surface area contributed by atoms with Gasteiger partial charge in [-0.2, -0.15) is 0 Å². The van der Waals surface area contributed by atoms with Crippen molar-refractivity contribution in [1.29, 1.82) is 0 Å². The summed E-state index contributed by atoms with van der Waals surface area (Å²) in [4.78, 5) is 12.3. The first-order valence-electron chi connectivity index (χ1n) is 6.01. The Kier molecular flexibility index (Phi) is 4.53. The summed E-state index contributed by atoms with van der Waals surface area (Å²) in [7, 11) is 1.60. The lowest BCUT2D eigenvalue weighted by Gasteiger charge is -2.22. The number of nitrogens with one attached hydrogen (secondary N) is 2. The van der Waals surface area contributed by atoms with E-state index in [0.717, 1.165) is 27.6 Å². The number of carbonyl (C=O) groups is 1. The minimum Gasteiger partial charge on any atom is -0.495 e. The van der Waals surface area contributed by atoms with Crippen LogP contribution in [0.3, 0.4) is 0 Å². The quantitative estimate of drug-likeness (QED) is 0.831. The van der Waals surface area contributed by atoms with Crippen LogP contribution in [0.4, 0.5) is 5.69 Å². The third kappa shape index (κ3) is 3.12. The smallest absolute Gasteiger partial charge is 0.231 e. The van der Waals surface area contributed by atoms with Crippen LogP contribution in [0.5, 0.6) is 5.75 Å². The zero-order valence-corrected chi connectivity index (χ0v) is 14.0. The van der Waals surface area contributed by atoms with E-state index in [1.807, 2.05) is 13.0 Å². The van der Waals surface area contributed by atoms with E-state index in [0.29, 0.717) is 12.3 Å². The summed E-state index contributed by atoms with van der Waals surface area (Å²) in [6.07, 6.45) is 0.851. The molecular weight excluding hydrogens is 376 g/mol. The van der Waals surface area contributed by atoms with Crippen LogP contribution >= 0.6 is 31.9 Å². The Morgan fingerprint density at radius 3 is 2.74 bits per heavy atom. The van der Waals surface area contributed by atoms with Crippen LogP contribution in [0, 0.1) is 5.41 Å². The maximum atomic E-state index is 12.3. The number of anilines is 1. The predicted octanol–water partition coefficient (Wildman–Crippen LogP) is 3.16. The van der Waals surface area contributed by atoms with Gasteiger partial charge in [0.1, 0.15) is 5.75 Å². The van der Waals surface area contributed by atoms with Gasteiger partial charge in [0.05, 0.1) is 22.7 Å². The Balaban J connectivity index is 2.21. The highest BCUT2D eigenvalue weighted by atomic mass is 79.9. The zero-order valence-electron chi connectivity index (χ0n) is 10.8. The standard InChI is InChI=1S/C13H16Br2N2O2/c1-13(3-4-16-7-13)12(18)17-10-6-11(19-2)9(15)5-8(10)14/h5-6,16H,3-4,7H2,1-2H3,(H,17,18). The number of halogens is 2. The average Bonchev–Trinajstić information content (AvgIpc) is 2.81. The second-order valence-electron chi connectivity index (χ2n) is 4.91. The third-order valence-electron chi connectivity index (χ3n) is 3.41. The van der Waals surface area contributed by atoms with Gasteiger partial charge in [0.25, 0.3) is 0 Å². The van der Waals surface area contributed by atoms with Crippen LogP contribution in [0.15, 0.2) is 21.1 Å². The van der Waals surface area contributed by atoms with Crippen molar-refractivity contribution >= 4 is 43.5 Å². The molecule has 0 radical (unpaired) electrons. The van der Waals surface area contributed by atoms with Gasteiger partial charge < -0.3 is 15.4 Å². The van der Waals surface area contributed by atoms with Crippen LogP contribution in [-0.4, -0.2) is 26.1 Å². The van der Waals surface area contributed by atoms with Gasteiger partial charge in [-0.25, -0.2) is 0 Å². The molecule has 0 bridgehead atoms. The molecule has 1 saturated heterocycles. The van der Waals surface area contributed by atoms with E-state index in [2.05, 4.69) is 42.5 Å². The van der Waals surface area contributed by atoms with Gasteiger partial charge in [-0.3, -0.25) is 4.79 Å². The molecule has 0 aliphatic carbocycles. The van der Waals surface area contributed by atoms with Crippen molar-refractivity contribution < 1.29 is 9.53 Å². The molecule has 0 aromatic heterocycles. The molecule has 1 amide bonds. The third-order valence-corrected chi connectivity index (χ3v) is 4.68. The van der Waals surface area contributed by atoms with E-state index >= 15 is 0 Å². The second-order valence-corrected chi connectivity index (χ2v) is 6.62. The van der Waals surface area contributed by atoms with Crippen molar-refractivity contribution in [2.24, 2.45) is 5.41 Å².